The van der Waals surface area contributed by atoms with Crippen LogP contribution in [0.4, 0.5) is 0 Å². The molecule has 0 atom stereocenters. The highest BCUT2D eigenvalue weighted by atomic mass is 15.0. The van der Waals surface area contributed by atoms with Gasteiger partial charge < -0.3 is 4.57 Å². The third-order valence-electron chi connectivity index (χ3n) is 8.25. The van der Waals surface area contributed by atoms with Gasteiger partial charge in [0.1, 0.15) is 0 Å². The fourth-order valence-corrected chi connectivity index (χ4v) is 6.06. The number of aromatic nitrogens is 5. The first-order valence-electron chi connectivity index (χ1n) is 15.1. The van der Waals surface area contributed by atoms with Crippen LogP contribution in [-0.4, -0.2) is 24.5 Å². The predicted molar refractivity (Wildman–Crippen MR) is 183 cm³/mol. The zero-order valence-electron chi connectivity index (χ0n) is 25.0. The van der Waals surface area contributed by atoms with Gasteiger partial charge in [-0.05, 0) is 49.2 Å². The van der Waals surface area contributed by atoms with Crippen molar-refractivity contribution in [3.63, 3.8) is 0 Å². The van der Waals surface area contributed by atoms with Crippen molar-refractivity contribution in [2.24, 2.45) is 0 Å². The third-order valence-corrected chi connectivity index (χ3v) is 8.25. The number of hydrogen-bond donors (Lipinski definition) is 0. The van der Waals surface area contributed by atoms with E-state index in [0.717, 1.165) is 44.5 Å². The van der Waals surface area contributed by atoms with E-state index in [1.807, 2.05) is 79.1 Å². The minimum Gasteiger partial charge on any atom is -0.309 e. The van der Waals surface area contributed by atoms with Gasteiger partial charge in [0.15, 0.2) is 17.5 Å². The van der Waals surface area contributed by atoms with Gasteiger partial charge in [-0.15, -0.1) is 0 Å². The quantitative estimate of drug-likeness (QED) is 0.204. The lowest BCUT2D eigenvalue weighted by atomic mass is 10.0. The van der Waals surface area contributed by atoms with Crippen molar-refractivity contribution in [3.8, 4) is 51.0 Å². The first kappa shape index (κ1) is 26.7. The highest BCUT2D eigenvalue weighted by Gasteiger charge is 2.19. The summed E-state index contributed by atoms with van der Waals surface area (Å²) in [5.74, 6) is 1.90. The maximum atomic E-state index is 5.03. The van der Waals surface area contributed by atoms with Crippen LogP contribution >= 0.6 is 0 Å². The maximum absolute atomic E-state index is 5.03. The Balaban J connectivity index is 1.43. The minimum atomic E-state index is 0.620. The van der Waals surface area contributed by atoms with E-state index in [0.29, 0.717) is 17.5 Å². The molecule has 0 bridgehead atoms. The van der Waals surface area contributed by atoms with E-state index in [1.165, 1.54) is 21.9 Å². The number of rotatable bonds is 5. The molecule has 0 unspecified atom stereocenters. The molecular weight excluding hydrogens is 550 g/mol. The average molecular weight is 580 g/mol. The van der Waals surface area contributed by atoms with Crippen LogP contribution in [-0.2, 0) is 0 Å². The lowest BCUT2D eigenvalue weighted by Gasteiger charge is -2.16. The van der Waals surface area contributed by atoms with E-state index in [2.05, 4.69) is 84.1 Å². The number of fused-ring (bicyclic) bond motifs is 3. The Hall–Kier alpha value is -5.94. The van der Waals surface area contributed by atoms with Crippen molar-refractivity contribution in [2.45, 2.75) is 13.8 Å². The molecule has 0 aliphatic heterocycles. The molecule has 0 fully saturated rings. The highest BCUT2D eigenvalue weighted by molar-refractivity contribution is 6.10. The van der Waals surface area contributed by atoms with Crippen LogP contribution in [0.2, 0.25) is 0 Å². The molecule has 0 radical (unpaired) electrons. The third kappa shape index (κ3) is 4.85. The zero-order chi connectivity index (χ0) is 30.3. The van der Waals surface area contributed by atoms with Crippen LogP contribution in [0.15, 0.2) is 140 Å². The van der Waals surface area contributed by atoms with E-state index in [4.69, 9.17) is 15.0 Å². The summed E-state index contributed by atoms with van der Waals surface area (Å²) in [6, 6.07) is 44.1. The van der Waals surface area contributed by atoms with Crippen LogP contribution in [0.5, 0.6) is 0 Å². The molecule has 3 heterocycles. The molecule has 8 aromatic rings. The monoisotopic (exact) mass is 579 g/mol. The largest absolute Gasteiger partial charge is 0.309 e. The van der Waals surface area contributed by atoms with E-state index >= 15 is 0 Å². The van der Waals surface area contributed by atoms with E-state index in [1.54, 1.807) is 0 Å². The van der Waals surface area contributed by atoms with Gasteiger partial charge in [-0.2, -0.15) is 0 Å². The van der Waals surface area contributed by atoms with Crippen LogP contribution in [0.25, 0.3) is 72.8 Å². The van der Waals surface area contributed by atoms with Gasteiger partial charge in [-0.1, -0.05) is 103 Å². The van der Waals surface area contributed by atoms with Crippen molar-refractivity contribution in [1.29, 1.82) is 0 Å². The molecule has 3 aromatic heterocycles. The Morgan fingerprint density at radius 3 is 1.53 bits per heavy atom. The number of nitrogens with zero attached hydrogens (tertiary/aromatic N) is 5. The van der Waals surface area contributed by atoms with E-state index in [9.17, 15) is 0 Å². The lowest BCUT2D eigenvalue weighted by molar-refractivity contribution is 1.07. The molecule has 5 nitrogen and oxygen atoms in total. The molecule has 5 heteroatoms. The normalized spacial score (nSPS) is 11.3. The molecule has 5 aromatic carbocycles. The second kappa shape index (κ2) is 11.0. The van der Waals surface area contributed by atoms with Crippen LogP contribution in [0, 0.1) is 13.8 Å². The second-order valence-electron chi connectivity index (χ2n) is 11.4. The van der Waals surface area contributed by atoms with Gasteiger partial charge >= 0.3 is 0 Å². The molecule has 0 N–H and O–H groups in total. The van der Waals surface area contributed by atoms with Gasteiger partial charge in [0, 0.05) is 51.0 Å². The topological polar surface area (TPSA) is 56.5 Å². The van der Waals surface area contributed by atoms with Crippen LogP contribution < -0.4 is 0 Å². The fraction of sp³-hybridized carbons (Fsp3) is 0.0500. The Morgan fingerprint density at radius 1 is 0.467 bits per heavy atom. The van der Waals surface area contributed by atoms with Crippen LogP contribution in [0.1, 0.15) is 11.1 Å². The Bertz CT molecular complexity index is 2210. The lowest BCUT2D eigenvalue weighted by Crippen LogP contribution is -2.02. The summed E-state index contributed by atoms with van der Waals surface area (Å²) in [5, 5.41) is 2.44. The van der Waals surface area contributed by atoms with Gasteiger partial charge in [0.05, 0.1) is 16.7 Å². The summed E-state index contributed by atoms with van der Waals surface area (Å²) in [4.78, 5) is 19.4. The predicted octanol–water partition coefficient (Wildman–Crippen LogP) is 9.65. The Labute approximate surface area is 261 Å². The molecule has 0 amide bonds. The summed E-state index contributed by atoms with van der Waals surface area (Å²) in [6.07, 6.45) is 3.73. The van der Waals surface area contributed by atoms with E-state index in [-0.39, 0.29) is 0 Å². The molecule has 0 spiro atoms. The van der Waals surface area contributed by atoms with Gasteiger partial charge in [0.25, 0.3) is 0 Å². The SMILES string of the molecule is Cc1ccc2c3ccc(C)cc3n(-c3cc(-c4nc(-c5ccccc5)nc(-c5ccccc5)n4)ccc3-c3cccnc3)c2c1. The van der Waals surface area contributed by atoms with Gasteiger partial charge in [-0.25, -0.2) is 15.0 Å². The standard InChI is InChI=1S/C40H29N5/c1-26-15-18-33-34-19-16-27(2)23-36(34)45(35(33)22-26)37-24-30(17-20-32(37)31-14-9-21-41-25-31)40-43-38(28-10-5-3-6-11-28)42-39(44-40)29-12-7-4-8-13-29/h3-25H,1-2H3. The molecule has 8 rings (SSSR count). The number of aryl methyl sites for hydroxylation is 2. The number of pyridine rings is 1. The van der Waals surface area contributed by atoms with Crippen LogP contribution in [0.3, 0.4) is 0 Å². The summed E-state index contributed by atoms with van der Waals surface area (Å²) < 4.78 is 2.38. The molecule has 0 aliphatic rings. The summed E-state index contributed by atoms with van der Waals surface area (Å²) in [6.45, 7) is 4.29. The number of benzene rings is 5. The summed E-state index contributed by atoms with van der Waals surface area (Å²) in [7, 11) is 0. The second-order valence-corrected chi connectivity index (χ2v) is 11.4. The fourth-order valence-electron chi connectivity index (χ4n) is 6.06. The molecular formula is C40H29N5. The van der Waals surface area contributed by atoms with Crippen molar-refractivity contribution in [2.75, 3.05) is 0 Å². The smallest absolute Gasteiger partial charge is 0.164 e. The van der Waals surface area contributed by atoms with Gasteiger partial charge in [-0.3, -0.25) is 4.98 Å². The molecule has 0 saturated heterocycles. The highest BCUT2D eigenvalue weighted by Crippen LogP contribution is 2.38. The Kier molecular flexibility index (Phi) is 6.50. The van der Waals surface area contributed by atoms with Gasteiger partial charge in [0.2, 0.25) is 0 Å². The Morgan fingerprint density at radius 2 is 1.00 bits per heavy atom. The molecule has 0 saturated carbocycles. The average Bonchev–Trinajstić information content (AvgIpc) is 3.41. The first-order chi connectivity index (χ1) is 22.1. The summed E-state index contributed by atoms with van der Waals surface area (Å²) in [5.41, 5.74) is 10.7. The van der Waals surface area contributed by atoms with Crippen molar-refractivity contribution in [1.82, 2.24) is 24.5 Å². The molecule has 0 aliphatic carbocycles. The van der Waals surface area contributed by atoms with Crippen molar-refractivity contribution in [3.05, 3.63) is 151 Å². The number of hydrogen-bond acceptors (Lipinski definition) is 4. The zero-order valence-corrected chi connectivity index (χ0v) is 25.0. The molecule has 45 heavy (non-hydrogen) atoms. The first-order valence-corrected chi connectivity index (χ1v) is 15.1. The van der Waals surface area contributed by atoms with Crippen molar-refractivity contribution >= 4 is 21.8 Å². The molecule has 214 valence electrons. The van der Waals surface area contributed by atoms with E-state index < -0.39 is 0 Å². The summed E-state index contributed by atoms with van der Waals surface area (Å²) >= 11 is 0. The van der Waals surface area contributed by atoms with Crippen molar-refractivity contribution < 1.29 is 0 Å². The minimum absolute atomic E-state index is 0.620. The maximum Gasteiger partial charge on any atom is 0.164 e.